The standard InChI is InChI=1S/C22H25F3N2O/c23-22(24,25)28-18-8-4-7-17(11-18)12-26-13-19-20-14-27(15-21(19)20)10-9-16-5-2-1-3-6-16/h1-8,11,19-21,26H,9-10,12-15H2. The Kier molecular flexibility index (Phi) is 5.60. The van der Waals surface area contributed by atoms with Crippen molar-refractivity contribution in [3.63, 3.8) is 0 Å². The van der Waals surface area contributed by atoms with E-state index in [1.807, 2.05) is 12.1 Å². The highest BCUT2D eigenvalue weighted by Gasteiger charge is 2.54. The minimum atomic E-state index is -4.65. The Bertz CT molecular complexity index is 769. The van der Waals surface area contributed by atoms with Gasteiger partial charge in [-0.15, -0.1) is 13.2 Å². The SMILES string of the molecule is FC(F)(F)Oc1cccc(CNCC2C3CN(CCc4ccccc4)CC23)c1. The Hall–Kier alpha value is -2.05. The number of benzene rings is 2. The second-order valence-electron chi connectivity index (χ2n) is 7.81. The van der Waals surface area contributed by atoms with Crippen LogP contribution in [-0.2, 0) is 13.0 Å². The number of hydrogen-bond acceptors (Lipinski definition) is 3. The molecule has 0 aromatic heterocycles. The molecule has 0 bridgehead atoms. The van der Waals surface area contributed by atoms with Crippen molar-refractivity contribution >= 4 is 0 Å². The Morgan fingerprint density at radius 1 is 0.964 bits per heavy atom. The molecule has 1 heterocycles. The molecule has 2 fully saturated rings. The molecule has 6 heteroatoms. The zero-order valence-electron chi connectivity index (χ0n) is 15.7. The van der Waals surface area contributed by atoms with Crippen molar-refractivity contribution in [1.29, 1.82) is 0 Å². The fourth-order valence-electron chi connectivity index (χ4n) is 4.39. The first-order valence-electron chi connectivity index (χ1n) is 9.79. The number of fused-ring (bicyclic) bond motifs is 1. The molecule has 2 atom stereocenters. The highest BCUT2D eigenvalue weighted by molar-refractivity contribution is 5.28. The van der Waals surface area contributed by atoms with Gasteiger partial charge in [0.15, 0.2) is 0 Å². The Morgan fingerprint density at radius 2 is 1.68 bits per heavy atom. The number of likely N-dealkylation sites (tertiary alicyclic amines) is 1. The first-order valence-corrected chi connectivity index (χ1v) is 9.79. The fraction of sp³-hybridized carbons (Fsp3) is 0.455. The van der Waals surface area contributed by atoms with E-state index in [9.17, 15) is 13.2 Å². The van der Waals surface area contributed by atoms with Crippen LogP contribution in [0.4, 0.5) is 13.2 Å². The molecule has 3 nitrogen and oxygen atoms in total. The third kappa shape index (κ3) is 5.06. The molecule has 2 aromatic rings. The summed E-state index contributed by atoms with van der Waals surface area (Å²) in [6.07, 6.45) is -3.55. The summed E-state index contributed by atoms with van der Waals surface area (Å²) in [5, 5.41) is 3.40. The quantitative estimate of drug-likeness (QED) is 0.735. The van der Waals surface area contributed by atoms with Crippen molar-refractivity contribution in [2.45, 2.75) is 19.3 Å². The van der Waals surface area contributed by atoms with Crippen molar-refractivity contribution in [3.8, 4) is 5.75 Å². The van der Waals surface area contributed by atoms with Crippen LogP contribution in [0.1, 0.15) is 11.1 Å². The van der Waals surface area contributed by atoms with Crippen molar-refractivity contribution in [1.82, 2.24) is 10.2 Å². The first kappa shape index (κ1) is 19.3. The molecule has 2 unspecified atom stereocenters. The predicted molar refractivity (Wildman–Crippen MR) is 102 cm³/mol. The van der Waals surface area contributed by atoms with Gasteiger partial charge in [-0.25, -0.2) is 0 Å². The molecule has 1 saturated carbocycles. The molecule has 1 saturated heterocycles. The average Bonchev–Trinajstić information content (AvgIpc) is 3.10. The van der Waals surface area contributed by atoms with Gasteiger partial charge in [-0.1, -0.05) is 42.5 Å². The van der Waals surface area contributed by atoms with E-state index in [0.29, 0.717) is 12.5 Å². The monoisotopic (exact) mass is 390 g/mol. The first-order chi connectivity index (χ1) is 13.5. The van der Waals surface area contributed by atoms with Crippen LogP contribution in [0.2, 0.25) is 0 Å². The van der Waals surface area contributed by atoms with Crippen molar-refractivity contribution < 1.29 is 17.9 Å². The van der Waals surface area contributed by atoms with Gasteiger partial charge in [-0.2, -0.15) is 0 Å². The molecule has 1 N–H and O–H groups in total. The van der Waals surface area contributed by atoms with Gasteiger partial charge >= 0.3 is 6.36 Å². The highest BCUT2D eigenvalue weighted by atomic mass is 19.4. The van der Waals surface area contributed by atoms with Crippen LogP contribution in [0, 0.1) is 17.8 Å². The number of hydrogen-bond donors (Lipinski definition) is 1. The second-order valence-corrected chi connectivity index (χ2v) is 7.81. The van der Waals surface area contributed by atoms with E-state index in [0.717, 1.165) is 36.9 Å². The van der Waals surface area contributed by atoms with Crippen LogP contribution in [0.15, 0.2) is 54.6 Å². The molecule has 4 rings (SSSR count). The van der Waals surface area contributed by atoms with Crippen molar-refractivity contribution in [2.75, 3.05) is 26.2 Å². The molecule has 0 radical (unpaired) electrons. The largest absolute Gasteiger partial charge is 0.573 e. The van der Waals surface area contributed by atoms with Crippen LogP contribution < -0.4 is 10.1 Å². The van der Waals surface area contributed by atoms with Gasteiger partial charge in [0.2, 0.25) is 0 Å². The maximum atomic E-state index is 12.3. The topological polar surface area (TPSA) is 24.5 Å². The molecule has 1 aliphatic heterocycles. The summed E-state index contributed by atoms with van der Waals surface area (Å²) >= 11 is 0. The normalized spacial score (nSPS) is 24.2. The van der Waals surface area contributed by atoms with E-state index in [2.05, 4.69) is 39.2 Å². The van der Waals surface area contributed by atoms with Crippen LogP contribution in [0.3, 0.4) is 0 Å². The van der Waals surface area contributed by atoms with Gasteiger partial charge in [0.05, 0.1) is 0 Å². The smallest absolute Gasteiger partial charge is 0.406 e. The Balaban J connectivity index is 1.15. The highest BCUT2D eigenvalue weighted by Crippen LogP contribution is 2.51. The lowest BCUT2D eigenvalue weighted by Gasteiger charge is -2.19. The van der Waals surface area contributed by atoms with E-state index in [1.54, 1.807) is 6.07 Å². The number of nitrogens with zero attached hydrogens (tertiary/aromatic N) is 1. The van der Waals surface area contributed by atoms with E-state index in [4.69, 9.17) is 0 Å². The third-order valence-electron chi connectivity index (χ3n) is 5.85. The zero-order valence-corrected chi connectivity index (χ0v) is 15.7. The van der Waals surface area contributed by atoms with Gasteiger partial charge in [0.1, 0.15) is 5.75 Å². The predicted octanol–water partition coefficient (Wildman–Crippen LogP) is 4.10. The lowest BCUT2D eigenvalue weighted by molar-refractivity contribution is -0.274. The molecule has 0 amide bonds. The van der Waals surface area contributed by atoms with E-state index in [1.165, 1.54) is 30.8 Å². The minimum Gasteiger partial charge on any atom is -0.406 e. The van der Waals surface area contributed by atoms with Gasteiger partial charge in [0.25, 0.3) is 0 Å². The number of ether oxygens (including phenoxy) is 1. The Morgan fingerprint density at radius 3 is 2.39 bits per heavy atom. The summed E-state index contributed by atoms with van der Waals surface area (Å²) < 4.78 is 40.9. The summed E-state index contributed by atoms with van der Waals surface area (Å²) in [6, 6.07) is 16.8. The number of alkyl halides is 3. The lowest BCUT2D eigenvalue weighted by Crippen LogP contribution is -2.29. The summed E-state index contributed by atoms with van der Waals surface area (Å²) in [5.41, 5.74) is 2.19. The second kappa shape index (κ2) is 8.13. The van der Waals surface area contributed by atoms with Crippen LogP contribution in [0.25, 0.3) is 0 Å². The molecule has 150 valence electrons. The lowest BCUT2D eigenvalue weighted by atomic mass is 10.1. The number of nitrogens with one attached hydrogen (secondary N) is 1. The van der Waals surface area contributed by atoms with Crippen molar-refractivity contribution in [2.24, 2.45) is 17.8 Å². The molecule has 2 aliphatic rings. The molecule has 28 heavy (non-hydrogen) atoms. The van der Waals surface area contributed by atoms with Gasteiger partial charge in [0, 0.05) is 26.2 Å². The van der Waals surface area contributed by atoms with Crippen LogP contribution in [-0.4, -0.2) is 37.4 Å². The summed E-state index contributed by atoms with van der Waals surface area (Å²) in [4.78, 5) is 2.55. The zero-order chi connectivity index (χ0) is 19.6. The molecular weight excluding hydrogens is 365 g/mol. The van der Waals surface area contributed by atoms with E-state index < -0.39 is 6.36 Å². The molecule has 2 aromatic carbocycles. The van der Waals surface area contributed by atoms with Gasteiger partial charge < -0.3 is 15.0 Å². The summed E-state index contributed by atoms with van der Waals surface area (Å²) in [5.74, 6) is 2.07. The van der Waals surface area contributed by atoms with Gasteiger partial charge in [-0.05, 0) is 54.0 Å². The van der Waals surface area contributed by atoms with Crippen LogP contribution in [0.5, 0.6) is 5.75 Å². The Labute approximate surface area is 163 Å². The molecule has 0 spiro atoms. The number of halogens is 3. The fourth-order valence-corrected chi connectivity index (χ4v) is 4.39. The molecular formula is C22H25F3N2O. The summed E-state index contributed by atoms with van der Waals surface area (Å²) in [6.45, 7) is 4.93. The van der Waals surface area contributed by atoms with Crippen LogP contribution >= 0.6 is 0 Å². The maximum Gasteiger partial charge on any atom is 0.573 e. The molecule has 1 aliphatic carbocycles. The maximum absolute atomic E-state index is 12.3. The van der Waals surface area contributed by atoms with E-state index in [-0.39, 0.29) is 5.75 Å². The third-order valence-corrected chi connectivity index (χ3v) is 5.85. The average molecular weight is 390 g/mol. The van der Waals surface area contributed by atoms with E-state index >= 15 is 0 Å². The summed E-state index contributed by atoms with van der Waals surface area (Å²) in [7, 11) is 0. The van der Waals surface area contributed by atoms with Crippen molar-refractivity contribution in [3.05, 3.63) is 65.7 Å². The van der Waals surface area contributed by atoms with Gasteiger partial charge in [-0.3, -0.25) is 0 Å². The number of piperidine rings is 1. The minimum absolute atomic E-state index is 0.163. The number of rotatable bonds is 8.